The molecule has 1 saturated heterocycles. The molecule has 0 radical (unpaired) electrons. The third-order valence-electron chi connectivity index (χ3n) is 3.11. The van der Waals surface area contributed by atoms with Crippen LogP contribution in [0.25, 0.3) is 0 Å². The molecule has 1 aromatic rings. The van der Waals surface area contributed by atoms with Gasteiger partial charge in [-0.1, -0.05) is 6.92 Å². The summed E-state index contributed by atoms with van der Waals surface area (Å²) in [5.74, 6) is -0.425. The SMILES string of the molecule is CCCN1CCN(Cc2ccnc(N)c2)C(=O)C1=O. The number of piperazine rings is 1. The molecule has 1 aliphatic heterocycles. The molecule has 0 aliphatic carbocycles. The second-order valence-electron chi connectivity index (χ2n) is 4.61. The van der Waals surface area contributed by atoms with Crippen LogP contribution in [0.4, 0.5) is 5.82 Å². The third kappa shape index (κ3) is 3.01. The maximum Gasteiger partial charge on any atom is 0.312 e. The average Bonchev–Trinajstić information content (AvgIpc) is 2.39. The van der Waals surface area contributed by atoms with Gasteiger partial charge in [0, 0.05) is 32.4 Å². The summed E-state index contributed by atoms with van der Waals surface area (Å²) in [6.07, 6.45) is 2.46. The van der Waals surface area contributed by atoms with Crippen LogP contribution in [-0.4, -0.2) is 46.2 Å². The molecule has 0 unspecified atom stereocenters. The van der Waals surface area contributed by atoms with Gasteiger partial charge < -0.3 is 15.5 Å². The van der Waals surface area contributed by atoms with E-state index in [1.807, 2.05) is 6.92 Å². The number of nitrogen functional groups attached to an aromatic ring is 1. The van der Waals surface area contributed by atoms with E-state index in [-0.39, 0.29) is 0 Å². The molecule has 6 heteroatoms. The van der Waals surface area contributed by atoms with Crippen LogP contribution >= 0.6 is 0 Å². The summed E-state index contributed by atoms with van der Waals surface area (Å²) < 4.78 is 0. The van der Waals surface area contributed by atoms with Crippen LogP contribution in [0, 0.1) is 0 Å². The van der Waals surface area contributed by atoms with Gasteiger partial charge in [-0.05, 0) is 24.1 Å². The molecule has 2 N–H and O–H groups in total. The highest BCUT2D eigenvalue weighted by Crippen LogP contribution is 2.12. The number of nitrogens with two attached hydrogens (primary N) is 1. The largest absolute Gasteiger partial charge is 0.384 e. The summed E-state index contributed by atoms with van der Waals surface area (Å²) in [4.78, 5) is 30.9. The fraction of sp³-hybridized carbons (Fsp3) is 0.462. The van der Waals surface area contributed by atoms with Crippen molar-refractivity contribution in [3.05, 3.63) is 23.9 Å². The summed E-state index contributed by atoms with van der Waals surface area (Å²) in [6.45, 7) is 4.19. The Labute approximate surface area is 112 Å². The average molecular weight is 262 g/mol. The Bertz CT molecular complexity index is 489. The molecule has 6 nitrogen and oxygen atoms in total. The van der Waals surface area contributed by atoms with Crippen molar-refractivity contribution in [2.24, 2.45) is 0 Å². The van der Waals surface area contributed by atoms with Crippen LogP contribution < -0.4 is 5.73 Å². The first kappa shape index (κ1) is 13.3. The minimum atomic E-state index is -0.435. The van der Waals surface area contributed by atoms with Crippen molar-refractivity contribution >= 4 is 17.6 Å². The maximum absolute atomic E-state index is 12.0. The summed E-state index contributed by atoms with van der Waals surface area (Å²) >= 11 is 0. The molecule has 2 rings (SSSR count). The van der Waals surface area contributed by atoms with E-state index >= 15 is 0 Å². The van der Waals surface area contributed by atoms with Gasteiger partial charge in [0.2, 0.25) is 0 Å². The highest BCUT2D eigenvalue weighted by Gasteiger charge is 2.31. The maximum atomic E-state index is 12.0. The zero-order valence-corrected chi connectivity index (χ0v) is 11.0. The van der Waals surface area contributed by atoms with E-state index in [1.54, 1.807) is 28.1 Å². The Morgan fingerprint density at radius 2 is 1.95 bits per heavy atom. The number of carbonyl (C=O) groups excluding carboxylic acids is 2. The predicted molar refractivity (Wildman–Crippen MR) is 70.9 cm³/mol. The number of aromatic nitrogens is 1. The number of rotatable bonds is 4. The molecule has 2 heterocycles. The first-order valence-corrected chi connectivity index (χ1v) is 6.40. The van der Waals surface area contributed by atoms with E-state index in [1.165, 1.54) is 0 Å². The van der Waals surface area contributed by atoms with Gasteiger partial charge in [-0.15, -0.1) is 0 Å². The van der Waals surface area contributed by atoms with Crippen molar-refractivity contribution in [3.8, 4) is 0 Å². The Hall–Kier alpha value is -2.11. The zero-order chi connectivity index (χ0) is 13.8. The molecule has 19 heavy (non-hydrogen) atoms. The second-order valence-corrected chi connectivity index (χ2v) is 4.61. The van der Waals surface area contributed by atoms with Crippen molar-refractivity contribution in [2.45, 2.75) is 19.9 Å². The highest BCUT2D eigenvalue weighted by molar-refractivity contribution is 6.35. The number of hydrogen-bond donors (Lipinski definition) is 1. The molecular weight excluding hydrogens is 244 g/mol. The summed E-state index contributed by atoms with van der Waals surface area (Å²) in [5, 5.41) is 0. The topological polar surface area (TPSA) is 79.5 Å². The lowest BCUT2D eigenvalue weighted by molar-refractivity contribution is -0.156. The van der Waals surface area contributed by atoms with Crippen LogP contribution in [0.15, 0.2) is 18.3 Å². The van der Waals surface area contributed by atoms with E-state index < -0.39 is 11.8 Å². The lowest BCUT2D eigenvalue weighted by atomic mass is 10.2. The number of anilines is 1. The minimum absolute atomic E-state index is 0.400. The molecule has 0 aromatic carbocycles. The number of amides is 2. The van der Waals surface area contributed by atoms with E-state index in [2.05, 4.69) is 4.98 Å². The summed E-state index contributed by atoms with van der Waals surface area (Å²) in [7, 11) is 0. The van der Waals surface area contributed by atoms with E-state index in [9.17, 15) is 9.59 Å². The van der Waals surface area contributed by atoms with E-state index in [4.69, 9.17) is 5.73 Å². The van der Waals surface area contributed by atoms with Crippen molar-refractivity contribution in [1.82, 2.24) is 14.8 Å². The normalized spacial score (nSPS) is 16.1. The van der Waals surface area contributed by atoms with Gasteiger partial charge in [0.05, 0.1) is 0 Å². The van der Waals surface area contributed by atoms with Crippen LogP contribution in [-0.2, 0) is 16.1 Å². The van der Waals surface area contributed by atoms with Gasteiger partial charge in [0.1, 0.15) is 5.82 Å². The van der Waals surface area contributed by atoms with Crippen molar-refractivity contribution < 1.29 is 9.59 Å². The fourth-order valence-electron chi connectivity index (χ4n) is 2.16. The Morgan fingerprint density at radius 3 is 2.63 bits per heavy atom. The Morgan fingerprint density at radius 1 is 1.26 bits per heavy atom. The number of nitrogens with zero attached hydrogens (tertiary/aromatic N) is 3. The quantitative estimate of drug-likeness (QED) is 0.789. The van der Waals surface area contributed by atoms with Gasteiger partial charge in [-0.3, -0.25) is 9.59 Å². The first-order valence-electron chi connectivity index (χ1n) is 6.40. The van der Waals surface area contributed by atoms with E-state index in [0.717, 1.165) is 12.0 Å². The number of carbonyl (C=O) groups is 2. The van der Waals surface area contributed by atoms with Crippen LogP contribution in [0.1, 0.15) is 18.9 Å². The van der Waals surface area contributed by atoms with Crippen LogP contribution in [0.2, 0.25) is 0 Å². The summed E-state index contributed by atoms with van der Waals surface area (Å²) in [6, 6.07) is 3.52. The zero-order valence-electron chi connectivity index (χ0n) is 11.0. The summed E-state index contributed by atoms with van der Waals surface area (Å²) in [5.41, 5.74) is 6.48. The molecule has 0 bridgehead atoms. The second kappa shape index (κ2) is 5.69. The third-order valence-corrected chi connectivity index (χ3v) is 3.11. The number of hydrogen-bond acceptors (Lipinski definition) is 4. The Kier molecular flexibility index (Phi) is 3.99. The lowest BCUT2D eigenvalue weighted by Gasteiger charge is -2.33. The minimum Gasteiger partial charge on any atom is -0.384 e. The molecule has 102 valence electrons. The van der Waals surface area contributed by atoms with Gasteiger partial charge >= 0.3 is 11.8 Å². The molecule has 0 atom stereocenters. The van der Waals surface area contributed by atoms with Crippen LogP contribution in [0.5, 0.6) is 0 Å². The monoisotopic (exact) mass is 262 g/mol. The lowest BCUT2D eigenvalue weighted by Crippen LogP contribution is -2.53. The smallest absolute Gasteiger partial charge is 0.312 e. The molecule has 1 aromatic heterocycles. The highest BCUT2D eigenvalue weighted by atomic mass is 16.2. The Balaban J connectivity index is 2.03. The first-order chi connectivity index (χ1) is 9.11. The van der Waals surface area contributed by atoms with Gasteiger partial charge in [-0.2, -0.15) is 0 Å². The van der Waals surface area contributed by atoms with Gasteiger partial charge in [-0.25, -0.2) is 4.98 Å². The molecule has 0 saturated carbocycles. The molecule has 1 fully saturated rings. The van der Waals surface area contributed by atoms with E-state index in [0.29, 0.717) is 32.0 Å². The van der Waals surface area contributed by atoms with Crippen molar-refractivity contribution in [1.29, 1.82) is 0 Å². The molecular formula is C13H18N4O2. The molecule has 2 amide bonds. The van der Waals surface area contributed by atoms with Crippen molar-refractivity contribution in [2.75, 3.05) is 25.4 Å². The van der Waals surface area contributed by atoms with Gasteiger partial charge in [0.15, 0.2) is 0 Å². The van der Waals surface area contributed by atoms with Crippen LogP contribution in [0.3, 0.4) is 0 Å². The van der Waals surface area contributed by atoms with Gasteiger partial charge in [0.25, 0.3) is 0 Å². The number of pyridine rings is 1. The standard InChI is InChI=1S/C13H18N4O2/c1-2-5-16-6-7-17(13(19)12(16)18)9-10-3-4-15-11(14)8-10/h3-4,8H,2,5-7,9H2,1H3,(H2,14,15). The van der Waals surface area contributed by atoms with Crippen molar-refractivity contribution in [3.63, 3.8) is 0 Å². The fourth-order valence-corrected chi connectivity index (χ4v) is 2.16. The molecule has 0 spiro atoms. The molecule has 1 aliphatic rings. The predicted octanol–water partition coefficient (Wildman–Crippen LogP) is 0.245.